The lowest BCUT2D eigenvalue weighted by Gasteiger charge is -2.33. The lowest BCUT2D eigenvalue weighted by atomic mass is 10.0. The third-order valence-electron chi connectivity index (χ3n) is 6.41. The second-order valence-electron chi connectivity index (χ2n) is 9.47. The first-order chi connectivity index (χ1) is 19.1. The summed E-state index contributed by atoms with van der Waals surface area (Å²) in [7, 11) is -2.33. The number of benzene rings is 3. The third kappa shape index (κ3) is 8.99. The van der Waals surface area contributed by atoms with Gasteiger partial charge in [0.05, 0.1) is 19.1 Å². The van der Waals surface area contributed by atoms with E-state index in [0.717, 1.165) is 34.5 Å². The lowest BCUT2D eigenvalue weighted by Crippen LogP contribution is -2.53. The minimum atomic E-state index is -3.84. The fourth-order valence-corrected chi connectivity index (χ4v) is 5.18. The number of halogens is 1. The molecule has 8 nitrogen and oxygen atoms in total. The van der Waals surface area contributed by atoms with Crippen molar-refractivity contribution in [3.63, 3.8) is 0 Å². The molecule has 0 spiro atoms. The number of methoxy groups -OCH3 is 1. The van der Waals surface area contributed by atoms with Crippen LogP contribution in [-0.2, 0) is 32.6 Å². The van der Waals surface area contributed by atoms with Crippen molar-refractivity contribution in [2.24, 2.45) is 0 Å². The van der Waals surface area contributed by atoms with Gasteiger partial charge < -0.3 is 15.0 Å². The van der Waals surface area contributed by atoms with E-state index in [-0.39, 0.29) is 18.9 Å². The number of carbonyl (C=O) groups excluding carboxylic acids is 2. The van der Waals surface area contributed by atoms with E-state index in [1.165, 1.54) is 12.0 Å². The molecular formula is C30H36ClN3O5S. The highest BCUT2D eigenvalue weighted by Crippen LogP contribution is 2.23. The number of anilines is 1. The van der Waals surface area contributed by atoms with Crippen molar-refractivity contribution in [3.8, 4) is 5.75 Å². The van der Waals surface area contributed by atoms with Crippen LogP contribution in [0.2, 0.25) is 5.02 Å². The Labute approximate surface area is 241 Å². The van der Waals surface area contributed by atoms with Gasteiger partial charge in [-0.1, -0.05) is 67.4 Å². The Morgan fingerprint density at radius 1 is 0.950 bits per heavy atom. The van der Waals surface area contributed by atoms with E-state index in [1.54, 1.807) is 48.5 Å². The number of hydrogen-bond acceptors (Lipinski definition) is 5. The van der Waals surface area contributed by atoms with Crippen molar-refractivity contribution >= 4 is 39.1 Å². The molecule has 3 aromatic rings. The van der Waals surface area contributed by atoms with Crippen LogP contribution in [0.25, 0.3) is 0 Å². The van der Waals surface area contributed by atoms with E-state index in [1.807, 2.05) is 37.3 Å². The summed E-state index contributed by atoms with van der Waals surface area (Å²) in [4.78, 5) is 29.0. The first-order valence-corrected chi connectivity index (χ1v) is 15.3. The zero-order valence-electron chi connectivity index (χ0n) is 23.0. The van der Waals surface area contributed by atoms with E-state index >= 15 is 0 Å². The highest BCUT2D eigenvalue weighted by molar-refractivity contribution is 7.92. The van der Waals surface area contributed by atoms with Crippen molar-refractivity contribution in [3.05, 3.63) is 95.0 Å². The Balaban J connectivity index is 2.01. The Morgan fingerprint density at radius 2 is 1.60 bits per heavy atom. The molecule has 0 saturated carbocycles. The monoisotopic (exact) mass is 585 g/mol. The molecular weight excluding hydrogens is 550 g/mol. The Morgan fingerprint density at radius 3 is 2.17 bits per heavy atom. The maximum Gasteiger partial charge on any atom is 0.244 e. The summed E-state index contributed by atoms with van der Waals surface area (Å²) in [6, 6.07) is 22.0. The predicted octanol–water partition coefficient (Wildman–Crippen LogP) is 4.67. The molecule has 0 heterocycles. The molecule has 10 heteroatoms. The number of sulfonamides is 1. The van der Waals surface area contributed by atoms with Crippen molar-refractivity contribution < 1.29 is 22.7 Å². The van der Waals surface area contributed by atoms with Crippen LogP contribution in [0.1, 0.15) is 30.9 Å². The number of hydrogen-bond donors (Lipinski definition) is 1. The minimum absolute atomic E-state index is 0.0922. The number of carbonyl (C=O) groups is 2. The van der Waals surface area contributed by atoms with Crippen LogP contribution in [0.3, 0.4) is 0 Å². The maximum absolute atomic E-state index is 14.0. The molecule has 40 heavy (non-hydrogen) atoms. The van der Waals surface area contributed by atoms with Gasteiger partial charge in [-0.05, 0) is 53.9 Å². The van der Waals surface area contributed by atoms with Crippen LogP contribution in [0, 0.1) is 0 Å². The van der Waals surface area contributed by atoms with E-state index in [0.29, 0.717) is 23.0 Å². The molecule has 3 rings (SSSR count). The van der Waals surface area contributed by atoms with Gasteiger partial charge in [0.2, 0.25) is 21.8 Å². The molecule has 0 radical (unpaired) electrons. The van der Waals surface area contributed by atoms with Gasteiger partial charge in [-0.2, -0.15) is 0 Å². The molecule has 1 N–H and O–H groups in total. The molecule has 214 valence electrons. The standard InChI is InChI=1S/C30H36ClN3O5S/c1-4-5-19-32-30(36)28(20-23-9-7-6-8-10-23)33(21-24-11-13-25(31)14-12-24)29(35)22-34(40(3,37)38)26-15-17-27(39-2)18-16-26/h6-18,28H,4-5,19-22H2,1-3H3,(H,32,36)/t28-/m0/s1. The second kappa shape index (κ2) is 14.7. The summed E-state index contributed by atoms with van der Waals surface area (Å²) in [5, 5.41) is 3.51. The van der Waals surface area contributed by atoms with Crippen LogP contribution in [0.15, 0.2) is 78.9 Å². The van der Waals surface area contributed by atoms with E-state index < -0.39 is 28.5 Å². The first-order valence-electron chi connectivity index (χ1n) is 13.1. The van der Waals surface area contributed by atoms with Crippen LogP contribution >= 0.6 is 11.6 Å². The largest absolute Gasteiger partial charge is 0.497 e. The van der Waals surface area contributed by atoms with Crippen molar-refractivity contribution in [2.75, 3.05) is 30.8 Å². The maximum atomic E-state index is 14.0. The second-order valence-corrected chi connectivity index (χ2v) is 11.8. The fraction of sp³-hybridized carbons (Fsp3) is 0.333. The molecule has 0 unspecified atom stereocenters. The SMILES string of the molecule is CCCCNC(=O)[C@H](Cc1ccccc1)N(Cc1ccc(Cl)cc1)C(=O)CN(c1ccc(OC)cc1)S(C)(=O)=O. The first kappa shape index (κ1) is 31.0. The lowest BCUT2D eigenvalue weighted by molar-refractivity contribution is -0.140. The normalized spacial score (nSPS) is 11.9. The molecule has 2 amide bonds. The fourth-order valence-electron chi connectivity index (χ4n) is 4.21. The summed E-state index contributed by atoms with van der Waals surface area (Å²) in [6.45, 7) is 2.12. The van der Waals surface area contributed by atoms with Crippen molar-refractivity contribution in [1.29, 1.82) is 0 Å². The Kier molecular flexibility index (Phi) is 11.4. The summed E-state index contributed by atoms with van der Waals surface area (Å²) in [5.41, 5.74) is 1.95. The number of nitrogens with one attached hydrogen (secondary N) is 1. The molecule has 0 aliphatic heterocycles. The number of unbranched alkanes of at least 4 members (excludes halogenated alkanes) is 1. The molecule has 0 saturated heterocycles. The van der Waals surface area contributed by atoms with Gasteiger partial charge >= 0.3 is 0 Å². The van der Waals surface area contributed by atoms with E-state index in [2.05, 4.69) is 5.32 Å². The van der Waals surface area contributed by atoms with Crippen molar-refractivity contribution in [2.45, 2.75) is 38.8 Å². The third-order valence-corrected chi connectivity index (χ3v) is 7.80. The summed E-state index contributed by atoms with van der Waals surface area (Å²) >= 11 is 6.08. The number of nitrogens with zero attached hydrogens (tertiary/aromatic N) is 2. The van der Waals surface area contributed by atoms with Crippen LogP contribution in [0.4, 0.5) is 5.69 Å². The van der Waals surface area contributed by atoms with Gasteiger partial charge in [-0.25, -0.2) is 8.42 Å². The van der Waals surface area contributed by atoms with Crippen LogP contribution in [-0.4, -0.2) is 57.6 Å². The average molecular weight is 586 g/mol. The molecule has 0 aromatic heterocycles. The smallest absolute Gasteiger partial charge is 0.244 e. The number of ether oxygens (including phenoxy) is 1. The van der Waals surface area contributed by atoms with Gasteiger partial charge in [0.1, 0.15) is 18.3 Å². The Bertz CT molecular complexity index is 1350. The van der Waals surface area contributed by atoms with E-state index in [9.17, 15) is 18.0 Å². The van der Waals surface area contributed by atoms with E-state index in [4.69, 9.17) is 16.3 Å². The predicted molar refractivity (Wildman–Crippen MR) is 159 cm³/mol. The topological polar surface area (TPSA) is 96.0 Å². The summed E-state index contributed by atoms with van der Waals surface area (Å²) in [5.74, 6) is -0.252. The number of rotatable bonds is 14. The van der Waals surface area contributed by atoms with Gasteiger partial charge in [0.15, 0.2) is 0 Å². The number of amides is 2. The summed E-state index contributed by atoms with van der Waals surface area (Å²) < 4.78 is 31.9. The summed E-state index contributed by atoms with van der Waals surface area (Å²) in [6.07, 6.45) is 3.02. The molecule has 3 aromatic carbocycles. The highest BCUT2D eigenvalue weighted by atomic mass is 35.5. The zero-order chi connectivity index (χ0) is 29.1. The quantitative estimate of drug-likeness (QED) is 0.277. The molecule has 1 atom stereocenters. The van der Waals surface area contributed by atoms with Gasteiger partial charge in [-0.3, -0.25) is 13.9 Å². The van der Waals surface area contributed by atoms with Gasteiger partial charge in [-0.15, -0.1) is 0 Å². The highest BCUT2D eigenvalue weighted by Gasteiger charge is 2.33. The van der Waals surface area contributed by atoms with Crippen LogP contribution in [0.5, 0.6) is 5.75 Å². The molecule has 0 fully saturated rings. The van der Waals surface area contributed by atoms with Crippen molar-refractivity contribution in [1.82, 2.24) is 10.2 Å². The molecule has 0 aliphatic carbocycles. The average Bonchev–Trinajstić information content (AvgIpc) is 2.94. The van der Waals surface area contributed by atoms with Gasteiger partial charge in [0.25, 0.3) is 0 Å². The molecule has 0 aliphatic rings. The molecule has 0 bridgehead atoms. The van der Waals surface area contributed by atoms with Crippen LogP contribution < -0.4 is 14.4 Å². The Hall–Kier alpha value is -3.56. The minimum Gasteiger partial charge on any atom is -0.497 e. The van der Waals surface area contributed by atoms with Gasteiger partial charge in [0, 0.05) is 24.5 Å². The zero-order valence-corrected chi connectivity index (χ0v) is 24.6.